The van der Waals surface area contributed by atoms with E-state index in [1.807, 2.05) is 27.8 Å². The predicted octanol–water partition coefficient (Wildman–Crippen LogP) is 2.47. The number of likely N-dealkylation sites (N-methyl/N-ethyl adjacent to an activating group) is 1. The molecule has 1 aliphatic rings. The van der Waals surface area contributed by atoms with Gasteiger partial charge in [0.05, 0.1) is 11.1 Å². The number of rotatable bonds is 7. The second-order valence-electron chi connectivity index (χ2n) is 7.86. The van der Waals surface area contributed by atoms with Crippen molar-refractivity contribution >= 4 is 5.91 Å². The molecule has 1 rings (SSSR count). The van der Waals surface area contributed by atoms with Crippen molar-refractivity contribution in [3.05, 3.63) is 23.9 Å². The van der Waals surface area contributed by atoms with Crippen molar-refractivity contribution in [2.45, 2.75) is 58.6 Å². The van der Waals surface area contributed by atoms with Crippen molar-refractivity contribution < 1.29 is 14.6 Å². The number of carbonyl (C=O) groups excluding carboxylic acids is 1. The number of carbonyl (C=O) groups is 1. The number of hydrogen-bond donors (Lipinski definition) is 2. The van der Waals surface area contributed by atoms with Crippen LogP contribution in [0.25, 0.3) is 0 Å². The van der Waals surface area contributed by atoms with Gasteiger partial charge in [-0.3, -0.25) is 9.69 Å². The fourth-order valence-corrected chi connectivity index (χ4v) is 2.52. The number of allylic oxidation sites excluding steroid dienone is 1. The minimum atomic E-state index is -0.999. The molecule has 5 heteroatoms. The van der Waals surface area contributed by atoms with E-state index in [4.69, 9.17) is 4.74 Å². The zero-order chi connectivity index (χ0) is 18.5. The number of nitrogens with zero attached hydrogens (tertiary/aromatic N) is 1. The van der Waals surface area contributed by atoms with Crippen molar-refractivity contribution in [2.24, 2.45) is 5.92 Å². The van der Waals surface area contributed by atoms with E-state index in [0.29, 0.717) is 17.2 Å². The van der Waals surface area contributed by atoms with Crippen LogP contribution in [0.15, 0.2) is 23.9 Å². The highest BCUT2D eigenvalue weighted by Crippen LogP contribution is 2.21. The van der Waals surface area contributed by atoms with Crippen LogP contribution in [0.1, 0.15) is 47.5 Å². The van der Waals surface area contributed by atoms with E-state index in [9.17, 15) is 9.90 Å². The fraction of sp³-hybridized carbons (Fsp3) is 0.737. The van der Waals surface area contributed by atoms with Gasteiger partial charge in [0, 0.05) is 25.5 Å². The van der Waals surface area contributed by atoms with E-state index in [-0.39, 0.29) is 5.91 Å². The Hall–Kier alpha value is -1.17. The zero-order valence-corrected chi connectivity index (χ0v) is 16.1. The van der Waals surface area contributed by atoms with Crippen LogP contribution in [0, 0.1) is 5.92 Å². The van der Waals surface area contributed by atoms with E-state index in [1.54, 1.807) is 19.9 Å². The number of aliphatic hydroxyl groups is 1. The van der Waals surface area contributed by atoms with Gasteiger partial charge in [-0.05, 0) is 72.1 Å². The summed E-state index contributed by atoms with van der Waals surface area (Å²) < 4.78 is 5.40. The smallest absolute Gasteiger partial charge is 0.244 e. The van der Waals surface area contributed by atoms with Crippen molar-refractivity contribution in [3.63, 3.8) is 0 Å². The summed E-state index contributed by atoms with van der Waals surface area (Å²) in [7, 11) is 1.99. The molecule has 1 saturated heterocycles. The molecule has 1 heterocycles. The Labute approximate surface area is 146 Å². The lowest BCUT2D eigenvalue weighted by Crippen LogP contribution is -2.54. The fourth-order valence-electron chi connectivity index (χ4n) is 2.52. The lowest BCUT2D eigenvalue weighted by Gasteiger charge is -2.37. The minimum Gasteiger partial charge on any atom is -0.386 e. The molecular weight excluding hydrogens is 304 g/mol. The molecule has 1 fully saturated rings. The summed E-state index contributed by atoms with van der Waals surface area (Å²) in [6, 6.07) is 0. The molecule has 138 valence electrons. The van der Waals surface area contributed by atoms with Gasteiger partial charge in [0.25, 0.3) is 0 Å². The van der Waals surface area contributed by atoms with Crippen molar-refractivity contribution in [2.75, 3.05) is 26.8 Å². The summed E-state index contributed by atoms with van der Waals surface area (Å²) in [4.78, 5) is 14.8. The molecule has 0 aromatic rings. The van der Waals surface area contributed by atoms with Crippen LogP contribution in [-0.2, 0) is 9.53 Å². The highest BCUT2D eigenvalue weighted by atomic mass is 16.5. The normalized spacial score (nSPS) is 17.9. The summed E-state index contributed by atoms with van der Waals surface area (Å²) in [5, 5.41) is 12.8. The van der Waals surface area contributed by atoms with Crippen LogP contribution < -0.4 is 5.32 Å². The number of nitrogens with one attached hydrogen (secondary N) is 1. The predicted molar refractivity (Wildman–Crippen MR) is 97.6 cm³/mol. The van der Waals surface area contributed by atoms with Crippen molar-refractivity contribution in [1.82, 2.24) is 10.2 Å². The highest BCUT2D eigenvalue weighted by Gasteiger charge is 2.33. The first kappa shape index (κ1) is 20.9. The van der Waals surface area contributed by atoms with Crippen LogP contribution in [0.3, 0.4) is 0 Å². The number of ether oxygens (including phenoxy) is 1. The Kier molecular flexibility index (Phi) is 7.20. The van der Waals surface area contributed by atoms with Crippen LogP contribution in [-0.4, -0.2) is 53.9 Å². The molecule has 0 spiro atoms. The van der Waals surface area contributed by atoms with Gasteiger partial charge in [-0.15, -0.1) is 0 Å². The quantitative estimate of drug-likeness (QED) is 0.700. The van der Waals surface area contributed by atoms with Crippen LogP contribution >= 0.6 is 0 Å². The van der Waals surface area contributed by atoms with Crippen LogP contribution in [0.2, 0.25) is 0 Å². The van der Waals surface area contributed by atoms with Gasteiger partial charge < -0.3 is 15.2 Å². The van der Waals surface area contributed by atoms with Gasteiger partial charge in [-0.25, -0.2) is 0 Å². The van der Waals surface area contributed by atoms with Crippen LogP contribution in [0.4, 0.5) is 0 Å². The van der Waals surface area contributed by atoms with Crippen LogP contribution in [0.5, 0.6) is 0 Å². The lowest BCUT2D eigenvalue weighted by molar-refractivity contribution is -0.130. The Bertz CT molecular complexity index is 483. The first-order valence-corrected chi connectivity index (χ1v) is 8.65. The molecule has 0 bridgehead atoms. The highest BCUT2D eigenvalue weighted by molar-refractivity contribution is 5.86. The summed E-state index contributed by atoms with van der Waals surface area (Å²) in [5.74, 6) is 0.511. The van der Waals surface area contributed by atoms with E-state index in [1.165, 1.54) is 0 Å². The van der Waals surface area contributed by atoms with Crippen molar-refractivity contribution in [1.29, 1.82) is 0 Å². The third-order valence-electron chi connectivity index (χ3n) is 4.87. The van der Waals surface area contributed by atoms with Gasteiger partial charge in [0.15, 0.2) is 0 Å². The molecule has 0 aromatic heterocycles. The Balaban J connectivity index is 2.66. The maximum absolute atomic E-state index is 12.7. The van der Waals surface area contributed by atoms with E-state index in [2.05, 4.69) is 16.8 Å². The second-order valence-corrected chi connectivity index (χ2v) is 7.86. The monoisotopic (exact) mass is 338 g/mol. The molecule has 0 aromatic carbocycles. The maximum Gasteiger partial charge on any atom is 0.244 e. The molecule has 1 aliphatic heterocycles. The molecule has 0 radical (unpaired) electrons. The van der Waals surface area contributed by atoms with Crippen molar-refractivity contribution in [3.8, 4) is 0 Å². The molecule has 0 saturated carbocycles. The first-order chi connectivity index (χ1) is 10.9. The number of amides is 1. The van der Waals surface area contributed by atoms with E-state index < -0.39 is 11.1 Å². The topological polar surface area (TPSA) is 61.8 Å². The Morgan fingerprint density at radius 2 is 1.88 bits per heavy atom. The minimum absolute atomic E-state index is 0.0608. The molecule has 2 N–H and O–H groups in total. The van der Waals surface area contributed by atoms with E-state index >= 15 is 0 Å². The molecule has 0 atom stereocenters. The SMILES string of the molecule is C=C(/C=C(\C)NC(=O)C(C)(C)N(C)CC1CCOCC1)C(C)(C)O. The average Bonchev–Trinajstić information content (AvgIpc) is 2.46. The maximum atomic E-state index is 12.7. The van der Waals surface area contributed by atoms with E-state index in [0.717, 1.165) is 32.6 Å². The molecule has 1 amide bonds. The van der Waals surface area contributed by atoms with Gasteiger partial charge in [-0.1, -0.05) is 6.58 Å². The number of hydrogen-bond acceptors (Lipinski definition) is 4. The summed E-state index contributed by atoms with van der Waals surface area (Å²) in [6.07, 6.45) is 3.81. The Morgan fingerprint density at radius 3 is 2.38 bits per heavy atom. The standard InChI is InChI=1S/C19H34N2O3/c1-14(19(5,6)23)12-15(2)20-17(22)18(3,4)21(7)13-16-8-10-24-11-9-16/h12,16,23H,1,8-11,13H2,2-7H3,(H,20,22)/b15-12+. The first-order valence-electron chi connectivity index (χ1n) is 8.65. The molecule has 0 unspecified atom stereocenters. The summed E-state index contributed by atoms with van der Waals surface area (Å²) in [6.45, 7) is 15.4. The molecule has 5 nitrogen and oxygen atoms in total. The molecular formula is C19H34N2O3. The zero-order valence-electron chi connectivity index (χ0n) is 16.1. The van der Waals surface area contributed by atoms with Gasteiger partial charge in [0.1, 0.15) is 0 Å². The van der Waals surface area contributed by atoms with Gasteiger partial charge in [0.2, 0.25) is 5.91 Å². The summed E-state index contributed by atoms with van der Waals surface area (Å²) >= 11 is 0. The third kappa shape index (κ3) is 6.04. The van der Waals surface area contributed by atoms with Gasteiger partial charge in [-0.2, -0.15) is 0 Å². The summed E-state index contributed by atoms with van der Waals surface area (Å²) in [5.41, 5.74) is -0.376. The largest absolute Gasteiger partial charge is 0.386 e. The van der Waals surface area contributed by atoms with Gasteiger partial charge >= 0.3 is 0 Å². The Morgan fingerprint density at radius 1 is 1.33 bits per heavy atom. The average molecular weight is 338 g/mol. The molecule has 0 aliphatic carbocycles. The third-order valence-corrected chi connectivity index (χ3v) is 4.87. The molecule has 24 heavy (non-hydrogen) atoms. The lowest BCUT2D eigenvalue weighted by atomic mass is 9.95. The second kappa shape index (κ2) is 8.28.